The molecule has 8 heteroatoms. The van der Waals surface area contributed by atoms with Crippen LogP contribution in [0.25, 0.3) is 5.69 Å². The first-order chi connectivity index (χ1) is 11.6. The van der Waals surface area contributed by atoms with E-state index in [9.17, 15) is 4.79 Å². The molecule has 8 nitrogen and oxygen atoms in total. The molecule has 0 spiro atoms. The van der Waals surface area contributed by atoms with Crippen LogP contribution in [0, 0.1) is 6.92 Å². The first kappa shape index (κ1) is 15.7. The standard InChI is InChI=1S/C16H18N6O2/c1-12-8-14(21(2)19-12)9-17-15(23)10-24-16-18-11-22(20-16)13-6-4-3-5-7-13/h3-8,11H,9-10H2,1-2H3,(H,17,23). The molecule has 0 unspecified atom stereocenters. The number of amides is 1. The molecule has 2 aromatic heterocycles. The summed E-state index contributed by atoms with van der Waals surface area (Å²) in [6.45, 7) is 2.16. The van der Waals surface area contributed by atoms with Crippen molar-refractivity contribution in [3.05, 3.63) is 54.1 Å². The molecular formula is C16H18N6O2. The molecule has 3 rings (SSSR count). The van der Waals surface area contributed by atoms with Gasteiger partial charge in [0.05, 0.1) is 23.6 Å². The van der Waals surface area contributed by atoms with Crippen molar-refractivity contribution >= 4 is 5.91 Å². The lowest BCUT2D eigenvalue weighted by atomic mass is 10.3. The zero-order chi connectivity index (χ0) is 16.9. The van der Waals surface area contributed by atoms with Crippen molar-refractivity contribution < 1.29 is 9.53 Å². The average Bonchev–Trinajstić information content (AvgIpc) is 3.18. The molecule has 0 aliphatic rings. The van der Waals surface area contributed by atoms with E-state index in [1.165, 1.54) is 0 Å². The number of carbonyl (C=O) groups is 1. The van der Waals surface area contributed by atoms with Crippen LogP contribution in [0.2, 0.25) is 0 Å². The Bertz CT molecular complexity index is 824. The van der Waals surface area contributed by atoms with Crippen molar-refractivity contribution in [1.82, 2.24) is 29.9 Å². The third-order valence-corrected chi connectivity index (χ3v) is 3.39. The van der Waals surface area contributed by atoms with E-state index in [-0.39, 0.29) is 18.5 Å². The Morgan fingerprint density at radius 3 is 2.75 bits per heavy atom. The second-order valence-corrected chi connectivity index (χ2v) is 5.27. The van der Waals surface area contributed by atoms with E-state index in [0.717, 1.165) is 17.1 Å². The van der Waals surface area contributed by atoms with Crippen LogP contribution in [0.5, 0.6) is 6.01 Å². The van der Waals surface area contributed by atoms with Crippen molar-refractivity contribution in [3.8, 4) is 11.7 Å². The molecule has 24 heavy (non-hydrogen) atoms. The second kappa shape index (κ2) is 6.95. The Hall–Kier alpha value is -3.16. The van der Waals surface area contributed by atoms with Crippen molar-refractivity contribution in [3.63, 3.8) is 0 Å². The maximum atomic E-state index is 11.9. The zero-order valence-corrected chi connectivity index (χ0v) is 13.5. The quantitative estimate of drug-likeness (QED) is 0.730. The largest absolute Gasteiger partial charge is 0.452 e. The van der Waals surface area contributed by atoms with Crippen molar-refractivity contribution in [1.29, 1.82) is 0 Å². The Balaban J connectivity index is 1.50. The number of carbonyl (C=O) groups excluding carboxylic acids is 1. The highest BCUT2D eigenvalue weighted by Gasteiger charge is 2.08. The van der Waals surface area contributed by atoms with Crippen LogP contribution in [0.4, 0.5) is 0 Å². The van der Waals surface area contributed by atoms with Crippen molar-refractivity contribution in [2.45, 2.75) is 13.5 Å². The van der Waals surface area contributed by atoms with E-state index in [2.05, 4.69) is 20.5 Å². The number of aromatic nitrogens is 5. The summed E-state index contributed by atoms with van der Waals surface area (Å²) in [6, 6.07) is 11.6. The van der Waals surface area contributed by atoms with E-state index in [1.807, 2.05) is 50.4 Å². The second-order valence-electron chi connectivity index (χ2n) is 5.27. The third-order valence-electron chi connectivity index (χ3n) is 3.39. The van der Waals surface area contributed by atoms with Gasteiger partial charge in [-0.15, -0.1) is 5.10 Å². The van der Waals surface area contributed by atoms with Gasteiger partial charge < -0.3 is 10.1 Å². The highest BCUT2D eigenvalue weighted by atomic mass is 16.5. The Morgan fingerprint density at radius 2 is 2.04 bits per heavy atom. The Labute approximate surface area is 139 Å². The lowest BCUT2D eigenvalue weighted by molar-refractivity contribution is -0.123. The van der Waals surface area contributed by atoms with Crippen LogP contribution in [0.15, 0.2) is 42.7 Å². The number of nitrogens with zero attached hydrogens (tertiary/aromatic N) is 5. The van der Waals surface area contributed by atoms with E-state index < -0.39 is 0 Å². The molecule has 0 saturated carbocycles. The van der Waals surface area contributed by atoms with Gasteiger partial charge in [-0.05, 0) is 25.1 Å². The summed E-state index contributed by atoms with van der Waals surface area (Å²) in [5.74, 6) is -0.245. The monoisotopic (exact) mass is 326 g/mol. The number of hydrogen-bond acceptors (Lipinski definition) is 5. The molecule has 0 aliphatic heterocycles. The third kappa shape index (κ3) is 3.78. The van der Waals surface area contributed by atoms with Crippen LogP contribution >= 0.6 is 0 Å². The summed E-state index contributed by atoms with van der Waals surface area (Å²) in [5.41, 5.74) is 2.71. The highest BCUT2D eigenvalue weighted by molar-refractivity contribution is 5.77. The summed E-state index contributed by atoms with van der Waals surface area (Å²) in [5, 5.41) is 11.2. The Morgan fingerprint density at radius 1 is 1.25 bits per heavy atom. The minimum Gasteiger partial charge on any atom is -0.452 e. The number of benzene rings is 1. The molecule has 2 heterocycles. The molecule has 0 saturated heterocycles. The van der Waals surface area contributed by atoms with Crippen LogP contribution in [-0.2, 0) is 18.4 Å². The van der Waals surface area contributed by atoms with Gasteiger partial charge in [0.25, 0.3) is 5.91 Å². The lowest BCUT2D eigenvalue weighted by Crippen LogP contribution is -2.29. The number of para-hydroxylation sites is 1. The highest BCUT2D eigenvalue weighted by Crippen LogP contribution is 2.08. The number of hydrogen-bond donors (Lipinski definition) is 1. The van der Waals surface area contributed by atoms with Crippen molar-refractivity contribution in [2.24, 2.45) is 7.05 Å². The molecule has 1 N–H and O–H groups in total. The molecule has 0 radical (unpaired) electrons. The van der Waals surface area contributed by atoms with E-state index in [0.29, 0.717) is 6.54 Å². The topological polar surface area (TPSA) is 86.9 Å². The van der Waals surface area contributed by atoms with E-state index in [4.69, 9.17) is 4.74 Å². The Kier molecular flexibility index (Phi) is 4.55. The predicted molar refractivity (Wildman–Crippen MR) is 86.6 cm³/mol. The summed E-state index contributed by atoms with van der Waals surface area (Å²) >= 11 is 0. The summed E-state index contributed by atoms with van der Waals surface area (Å²) < 4.78 is 8.64. The maximum Gasteiger partial charge on any atom is 0.336 e. The SMILES string of the molecule is Cc1cc(CNC(=O)COc2ncn(-c3ccccc3)n2)n(C)n1. The minimum atomic E-state index is -0.245. The van der Waals surface area contributed by atoms with Crippen LogP contribution in [0.3, 0.4) is 0 Å². The first-order valence-corrected chi connectivity index (χ1v) is 7.48. The molecule has 0 aliphatic carbocycles. The fourth-order valence-corrected chi connectivity index (χ4v) is 2.22. The first-order valence-electron chi connectivity index (χ1n) is 7.48. The molecule has 1 aromatic carbocycles. The summed E-state index contributed by atoms with van der Waals surface area (Å²) in [4.78, 5) is 15.9. The summed E-state index contributed by atoms with van der Waals surface area (Å²) in [6.07, 6.45) is 1.54. The normalized spacial score (nSPS) is 10.6. The van der Waals surface area contributed by atoms with Crippen molar-refractivity contribution in [2.75, 3.05) is 6.61 Å². The molecule has 0 atom stereocenters. The van der Waals surface area contributed by atoms with Gasteiger partial charge in [-0.2, -0.15) is 10.1 Å². The minimum absolute atomic E-state index is 0.143. The molecular weight excluding hydrogens is 308 g/mol. The van der Waals surface area contributed by atoms with Gasteiger partial charge in [-0.1, -0.05) is 18.2 Å². The molecule has 0 fully saturated rings. The van der Waals surface area contributed by atoms with Crippen LogP contribution in [-0.4, -0.2) is 37.1 Å². The molecule has 3 aromatic rings. The predicted octanol–water partition coefficient (Wildman–Crippen LogP) is 1.00. The van der Waals surface area contributed by atoms with E-state index in [1.54, 1.807) is 15.7 Å². The fourth-order valence-electron chi connectivity index (χ4n) is 2.22. The van der Waals surface area contributed by atoms with E-state index >= 15 is 0 Å². The lowest BCUT2D eigenvalue weighted by Gasteiger charge is -2.05. The van der Waals surface area contributed by atoms with Gasteiger partial charge in [0, 0.05) is 7.05 Å². The van der Waals surface area contributed by atoms with Crippen LogP contribution in [0.1, 0.15) is 11.4 Å². The van der Waals surface area contributed by atoms with Gasteiger partial charge in [-0.3, -0.25) is 9.48 Å². The number of ether oxygens (including phenoxy) is 1. The van der Waals surface area contributed by atoms with Crippen LogP contribution < -0.4 is 10.1 Å². The van der Waals surface area contributed by atoms with Gasteiger partial charge in [0.15, 0.2) is 6.61 Å². The zero-order valence-electron chi connectivity index (χ0n) is 13.5. The van der Waals surface area contributed by atoms with Gasteiger partial charge in [0.2, 0.25) is 0 Å². The number of aryl methyl sites for hydroxylation is 2. The number of rotatable bonds is 6. The smallest absolute Gasteiger partial charge is 0.336 e. The molecule has 1 amide bonds. The van der Waals surface area contributed by atoms with Gasteiger partial charge >= 0.3 is 6.01 Å². The molecule has 0 bridgehead atoms. The molecule has 124 valence electrons. The number of nitrogens with one attached hydrogen (secondary N) is 1. The maximum absolute atomic E-state index is 11.9. The van der Waals surface area contributed by atoms with Gasteiger partial charge in [0.1, 0.15) is 6.33 Å². The fraction of sp³-hybridized carbons (Fsp3) is 0.250. The average molecular weight is 326 g/mol. The summed E-state index contributed by atoms with van der Waals surface area (Å²) in [7, 11) is 1.84. The van der Waals surface area contributed by atoms with Gasteiger partial charge in [-0.25, -0.2) is 4.68 Å².